The van der Waals surface area contributed by atoms with Gasteiger partial charge in [0.2, 0.25) is 11.8 Å². The largest absolute Gasteiger partial charge is 0.469 e. The van der Waals surface area contributed by atoms with Gasteiger partial charge in [0.15, 0.2) is 0 Å². The molecule has 6 heteroatoms. The number of hydrogen-bond donors (Lipinski definition) is 1. The predicted molar refractivity (Wildman–Crippen MR) is 87.5 cm³/mol. The molecule has 1 atom stereocenters. The summed E-state index contributed by atoms with van der Waals surface area (Å²) < 4.78 is 5.24. The van der Waals surface area contributed by atoms with Gasteiger partial charge < -0.3 is 14.6 Å². The zero-order chi connectivity index (χ0) is 16.2. The lowest BCUT2D eigenvalue weighted by atomic mass is 9.91. The minimum absolute atomic E-state index is 0.0590. The highest BCUT2D eigenvalue weighted by Crippen LogP contribution is 2.26. The Morgan fingerprint density at radius 1 is 1.45 bits per heavy atom. The Bertz CT molecular complexity index is 508. The molecular weight excluding hydrogens is 300 g/mol. The Kier molecular flexibility index (Phi) is 5.56. The van der Waals surface area contributed by atoms with Crippen LogP contribution < -0.4 is 5.32 Å². The monoisotopic (exact) mass is 324 g/mol. The molecule has 2 amide bonds. The van der Waals surface area contributed by atoms with Crippen LogP contribution in [0.25, 0.3) is 0 Å². The fourth-order valence-corrected chi connectivity index (χ4v) is 3.52. The molecule has 2 heterocycles. The number of carbonyl (C=O) groups excluding carboxylic acids is 2. The fourth-order valence-electron chi connectivity index (χ4n) is 2.34. The van der Waals surface area contributed by atoms with E-state index in [1.165, 1.54) is 0 Å². The molecule has 22 heavy (non-hydrogen) atoms. The molecule has 1 saturated heterocycles. The van der Waals surface area contributed by atoms with Gasteiger partial charge >= 0.3 is 0 Å². The third-order valence-electron chi connectivity index (χ3n) is 3.44. The normalized spacial score (nSPS) is 18.5. The summed E-state index contributed by atoms with van der Waals surface area (Å²) in [7, 11) is 0. The zero-order valence-electron chi connectivity index (χ0n) is 13.4. The van der Waals surface area contributed by atoms with Crippen molar-refractivity contribution in [2.24, 2.45) is 5.41 Å². The molecular formula is C16H24N2O3S. The van der Waals surface area contributed by atoms with E-state index in [4.69, 9.17) is 4.42 Å². The van der Waals surface area contributed by atoms with Gasteiger partial charge in [0.25, 0.3) is 0 Å². The summed E-state index contributed by atoms with van der Waals surface area (Å²) >= 11 is 1.63. The number of furan rings is 1. The van der Waals surface area contributed by atoms with E-state index in [-0.39, 0.29) is 23.3 Å². The molecule has 1 aromatic rings. The van der Waals surface area contributed by atoms with Crippen LogP contribution in [0.15, 0.2) is 22.8 Å². The molecule has 1 aliphatic heterocycles. The van der Waals surface area contributed by atoms with E-state index in [2.05, 4.69) is 5.32 Å². The first kappa shape index (κ1) is 16.9. The Morgan fingerprint density at radius 3 is 2.86 bits per heavy atom. The van der Waals surface area contributed by atoms with Gasteiger partial charge in [-0.25, -0.2) is 0 Å². The zero-order valence-corrected chi connectivity index (χ0v) is 14.2. The third-order valence-corrected chi connectivity index (χ3v) is 4.45. The number of nitrogens with one attached hydrogen (secondary N) is 1. The van der Waals surface area contributed by atoms with Crippen LogP contribution in [0.3, 0.4) is 0 Å². The van der Waals surface area contributed by atoms with Crippen molar-refractivity contribution >= 4 is 23.6 Å². The minimum atomic E-state index is -0.351. The molecule has 1 aliphatic rings. The van der Waals surface area contributed by atoms with E-state index in [0.29, 0.717) is 31.0 Å². The number of hydrogen-bond acceptors (Lipinski definition) is 4. The second-order valence-corrected chi connectivity index (χ2v) is 7.74. The summed E-state index contributed by atoms with van der Waals surface area (Å²) in [5.41, 5.74) is -0.0648. The predicted octanol–water partition coefficient (Wildman–Crippen LogP) is 2.28. The number of nitrogens with zero attached hydrogens (tertiary/aromatic N) is 1. The Hall–Kier alpha value is -1.43. The van der Waals surface area contributed by atoms with Crippen LogP contribution in [0.4, 0.5) is 0 Å². The van der Waals surface area contributed by atoms with Gasteiger partial charge in [-0.1, -0.05) is 20.8 Å². The Balaban J connectivity index is 1.84. The lowest BCUT2D eigenvalue weighted by Crippen LogP contribution is -2.48. The van der Waals surface area contributed by atoms with Gasteiger partial charge in [0.1, 0.15) is 11.8 Å². The van der Waals surface area contributed by atoms with Gasteiger partial charge in [-0.3, -0.25) is 9.59 Å². The first-order valence-electron chi connectivity index (χ1n) is 7.54. The first-order valence-corrected chi connectivity index (χ1v) is 8.69. The lowest BCUT2D eigenvalue weighted by molar-refractivity contribution is -0.139. The Labute approximate surface area is 135 Å². The number of amides is 2. The molecule has 0 radical (unpaired) electrons. The maximum absolute atomic E-state index is 12.4. The van der Waals surface area contributed by atoms with E-state index in [1.807, 2.05) is 32.9 Å². The third kappa shape index (κ3) is 4.80. The Morgan fingerprint density at radius 2 is 2.23 bits per heavy atom. The van der Waals surface area contributed by atoms with Crippen molar-refractivity contribution in [1.29, 1.82) is 0 Å². The number of carbonyl (C=O) groups is 2. The molecule has 1 fully saturated rings. The van der Waals surface area contributed by atoms with E-state index in [1.54, 1.807) is 22.9 Å². The number of rotatable bonds is 5. The molecule has 1 aromatic heterocycles. The van der Waals surface area contributed by atoms with Crippen LogP contribution in [-0.2, 0) is 16.0 Å². The van der Waals surface area contributed by atoms with Crippen LogP contribution in [0, 0.1) is 5.41 Å². The van der Waals surface area contributed by atoms with Crippen LogP contribution in [0.2, 0.25) is 0 Å². The van der Waals surface area contributed by atoms with E-state index < -0.39 is 0 Å². The summed E-state index contributed by atoms with van der Waals surface area (Å²) in [5, 5.41) is 2.90. The average Bonchev–Trinajstić information content (AvgIpc) is 3.07. The van der Waals surface area contributed by atoms with Gasteiger partial charge in [0.05, 0.1) is 12.1 Å². The first-order chi connectivity index (χ1) is 10.4. The summed E-state index contributed by atoms with van der Waals surface area (Å²) in [6.45, 7) is 6.63. The number of thioether (sulfide) groups is 1. The fraction of sp³-hybridized carbons (Fsp3) is 0.625. The molecule has 0 aliphatic carbocycles. The standard InChI is InChI=1S/C16H24N2O3S/c1-16(2,3)9-14(19)18-11-22-10-13(18)15(20)17-7-6-12-5-4-8-21-12/h4-5,8,13H,6-7,9-11H2,1-3H3,(H,17,20)/t13-/m1/s1. The highest BCUT2D eigenvalue weighted by atomic mass is 32.2. The second kappa shape index (κ2) is 7.22. The quantitative estimate of drug-likeness (QED) is 0.902. The maximum atomic E-state index is 12.4. The van der Waals surface area contributed by atoms with Crippen molar-refractivity contribution in [2.45, 2.75) is 39.7 Å². The van der Waals surface area contributed by atoms with Crippen molar-refractivity contribution in [3.8, 4) is 0 Å². The summed E-state index contributed by atoms with van der Waals surface area (Å²) in [4.78, 5) is 26.4. The van der Waals surface area contributed by atoms with Crippen molar-refractivity contribution in [2.75, 3.05) is 18.2 Å². The summed E-state index contributed by atoms with van der Waals surface area (Å²) in [6, 6.07) is 3.37. The van der Waals surface area contributed by atoms with Crippen LogP contribution >= 0.6 is 11.8 Å². The van der Waals surface area contributed by atoms with Crippen LogP contribution in [0.5, 0.6) is 0 Å². The summed E-state index contributed by atoms with van der Waals surface area (Å²) in [5.74, 6) is 2.11. The molecule has 2 rings (SSSR count). The van der Waals surface area contributed by atoms with Crippen LogP contribution in [0.1, 0.15) is 33.0 Å². The van der Waals surface area contributed by atoms with E-state index in [9.17, 15) is 9.59 Å². The maximum Gasteiger partial charge on any atom is 0.243 e. The smallest absolute Gasteiger partial charge is 0.243 e. The van der Waals surface area contributed by atoms with Crippen molar-refractivity contribution in [3.63, 3.8) is 0 Å². The molecule has 0 saturated carbocycles. The summed E-state index contributed by atoms with van der Waals surface area (Å²) in [6.07, 6.45) is 2.75. The highest BCUT2D eigenvalue weighted by molar-refractivity contribution is 7.99. The molecule has 5 nitrogen and oxygen atoms in total. The van der Waals surface area contributed by atoms with Gasteiger partial charge in [-0.05, 0) is 17.5 Å². The van der Waals surface area contributed by atoms with Crippen molar-refractivity contribution < 1.29 is 14.0 Å². The SMILES string of the molecule is CC(C)(C)CC(=O)N1CSC[C@@H]1C(=O)NCCc1ccco1. The molecule has 0 unspecified atom stereocenters. The molecule has 0 bridgehead atoms. The van der Waals surface area contributed by atoms with Gasteiger partial charge in [-0.15, -0.1) is 11.8 Å². The van der Waals surface area contributed by atoms with Gasteiger partial charge in [0, 0.05) is 25.1 Å². The molecule has 1 N–H and O–H groups in total. The van der Waals surface area contributed by atoms with Crippen molar-refractivity contribution in [3.05, 3.63) is 24.2 Å². The highest BCUT2D eigenvalue weighted by Gasteiger charge is 2.35. The lowest BCUT2D eigenvalue weighted by Gasteiger charge is -2.26. The topological polar surface area (TPSA) is 62.6 Å². The average molecular weight is 324 g/mol. The minimum Gasteiger partial charge on any atom is -0.469 e. The van der Waals surface area contributed by atoms with E-state index >= 15 is 0 Å². The van der Waals surface area contributed by atoms with Crippen LogP contribution in [-0.4, -0.2) is 40.9 Å². The molecule has 0 spiro atoms. The van der Waals surface area contributed by atoms with E-state index in [0.717, 1.165) is 5.76 Å². The van der Waals surface area contributed by atoms with Crippen molar-refractivity contribution in [1.82, 2.24) is 10.2 Å². The van der Waals surface area contributed by atoms with Gasteiger partial charge in [-0.2, -0.15) is 0 Å². The molecule has 122 valence electrons. The molecule has 0 aromatic carbocycles. The second-order valence-electron chi connectivity index (χ2n) is 6.74.